The van der Waals surface area contributed by atoms with Crippen LogP contribution in [0.25, 0.3) is 11.3 Å². The van der Waals surface area contributed by atoms with Crippen molar-refractivity contribution in [2.75, 3.05) is 11.9 Å². The van der Waals surface area contributed by atoms with Crippen molar-refractivity contribution in [2.45, 2.75) is 45.4 Å². The molecule has 2 aromatic rings. The molecule has 4 aliphatic rings. The Morgan fingerprint density at radius 2 is 1.72 bits per heavy atom. The Morgan fingerprint density at radius 3 is 2.31 bits per heavy atom. The number of aromatic nitrogens is 1. The van der Waals surface area contributed by atoms with Gasteiger partial charge in [-0.15, -0.1) is 0 Å². The summed E-state index contributed by atoms with van der Waals surface area (Å²) in [6.07, 6.45) is 6.92. The lowest BCUT2D eigenvalue weighted by Crippen LogP contribution is -2.51. The van der Waals surface area contributed by atoms with Crippen LogP contribution in [0, 0.1) is 23.2 Å². The van der Waals surface area contributed by atoms with Crippen molar-refractivity contribution < 1.29 is 14.3 Å². The first-order valence-electron chi connectivity index (χ1n) is 10.6. The molecule has 1 N–H and O–H groups in total. The molecule has 0 atom stereocenters. The number of nitrogens with one attached hydrogen (secondary N) is 1. The second-order valence-electron chi connectivity index (χ2n) is 8.94. The lowest BCUT2D eigenvalue weighted by Gasteiger charge is -2.55. The SMILES string of the molecule is CCOC(=O)c1sc(NC(=O)C23CC4CC(CC(C4)C2)C3)nc1-c1ccccc1. The van der Waals surface area contributed by atoms with Gasteiger partial charge in [-0.05, 0) is 63.2 Å². The Kier molecular flexibility index (Phi) is 4.69. The van der Waals surface area contributed by atoms with Crippen LogP contribution in [0.4, 0.5) is 5.13 Å². The average Bonchev–Trinajstić information content (AvgIpc) is 3.12. The number of ether oxygens (including phenoxy) is 1. The third-order valence-electron chi connectivity index (χ3n) is 6.88. The van der Waals surface area contributed by atoms with E-state index in [1.165, 1.54) is 30.6 Å². The normalized spacial score (nSPS) is 29.6. The Morgan fingerprint density at radius 1 is 1.10 bits per heavy atom. The third-order valence-corrected chi connectivity index (χ3v) is 7.83. The molecule has 4 bridgehead atoms. The molecule has 0 spiro atoms. The number of thiazole rings is 1. The number of benzene rings is 1. The summed E-state index contributed by atoms with van der Waals surface area (Å²) in [6, 6.07) is 9.59. The van der Waals surface area contributed by atoms with E-state index >= 15 is 0 Å². The molecule has 6 heteroatoms. The van der Waals surface area contributed by atoms with E-state index in [0.717, 1.165) is 24.8 Å². The highest BCUT2D eigenvalue weighted by molar-refractivity contribution is 7.18. The predicted octanol–water partition coefficient (Wildman–Crippen LogP) is 5.14. The van der Waals surface area contributed by atoms with Gasteiger partial charge in [-0.3, -0.25) is 4.79 Å². The lowest BCUT2D eigenvalue weighted by atomic mass is 9.49. The standard InChI is InChI=1S/C23H26N2O3S/c1-2-28-20(26)19-18(17-6-4-3-5-7-17)24-22(29-19)25-21(27)23-11-14-8-15(12-23)10-16(9-14)13-23/h3-7,14-16H,2,8-13H2,1H3,(H,24,25,27). The minimum absolute atomic E-state index is 0.0976. The van der Waals surface area contributed by atoms with Gasteiger partial charge < -0.3 is 10.1 Å². The maximum atomic E-state index is 13.4. The van der Waals surface area contributed by atoms with E-state index in [1.807, 2.05) is 30.3 Å². The average molecular weight is 411 g/mol. The van der Waals surface area contributed by atoms with Gasteiger partial charge in [-0.2, -0.15) is 0 Å². The number of anilines is 1. The molecular weight excluding hydrogens is 384 g/mol. The van der Waals surface area contributed by atoms with E-state index in [1.54, 1.807) is 6.92 Å². The summed E-state index contributed by atoms with van der Waals surface area (Å²) in [4.78, 5) is 30.9. The highest BCUT2D eigenvalue weighted by atomic mass is 32.1. The highest BCUT2D eigenvalue weighted by Crippen LogP contribution is 2.60. The van der Waals surface area contributed by atoms with Crippen molar-refractivity contribution in [3.8, 4) is 11.3 Å². The Balaban J connectivity index is 1.43. The molecule has 0 saturated heterocycles. The summed E-state index contributed by atoms with van der Waals surface area (Å²) in [5.41, 5.74) is 1.19. The van der Waals surface area contributed by atoms with Gasteiger partial charge in [0.05, 0.1) is 17.7 Å². The molecule has 5 nitrogen and oxygen atoms in total. The summed E-state index contributed by atoms with van der Waals surface area (Å²) in [7, 11) is 0. The first kappa shape index (κ1) is 18.8. The number of nitrogens with zero attached hydrogens (tertiary/aromatic N) is 1. The topological polar surface area (TPSA) is 68.3 Å². The van der Waals surface area contributed by atoms with Crippen LogP contribution in [-0.2, 0) is 9.53 Å². The van der Waals surface area contributed by atoms with Crippen LogP contribution in [-0.4, -0.2) is 23.5 Å². The largest absolute Gasteiger partial charge is 0.462 e. The molecule has 4 saturated carbocycles. The predicted molar refractivity (Wildman–Crippen MR) is 113 cm³/mol. The summed E-state index contributed by atoms with van der Waals surface area (Å²) in [5.74, 6) is 1.83. The lowest BCUT2D eigenvalue weighted by molar-refractivity contribution is -0.140. The molecule has 0 radical (unpaired) electrons. The van der Waals surface area contributed by atoms with Gasteiger partial charge in [0, 0.05) is 5.56 Å². The van der Waals surface area contributed by atoms with Crippen LogP contribution in [0.3, 0.4) is 0 Å². The maximum absolute atomic E-state index is 13.4. The van der Waals surface area contributed by atoms with Gasteiger partial charge in [-0.1, -0.05) is 41.7 Å². The van der Waals surface area contributed by atoms with E-state index < -0.39 is 0 Å². The van der Waals surface area contributed by atoms with Crippen molar-refractivity contribution >= 4 is 28.3 Å². The molecule has 4 aliphatic carbocycles. The van der Waals surface area contributed by atoms with E-state index in [0.29, 0.717) is 40.1 Å². The van der Waals surface area contributed by atoms with Crippen LogP contribution >= 0.6 is 11.3 Å². The van der Waals surface area contributed by atoms with Crippen molar-refractivity contribution in [1.29, 1.82) is 0 Å². The fourth-order valence-corrected chi connectivity index (χ4v) is 7.00. The van der Waals surface area contributed by atoms with Gasteiger partial charge in [0.2, 0.25) is 5.91 Å². The van der Waals surface area contributed by atoms with Gasteiger partial charge in [0.25, 0.3) is 0 Å². The Labute approximate surface area is 174 Å². The molecule has 4 fully saturated rings. The van der Waals surface area contributed by atoms with E-state index in [2.05, 4.69) is 10.3 Å². The van der Waals surface area contributed by atoms with E-state index in [-0.39, 0.29) is 17.3 Å². The van der Waals surface area contributed by atoms with Gasteiger partial charge in [0.1, 0.15) is 4.88 Å². The smallest absolute Gasteiger partial charge is 0.350 e. The summed E-state index contributed by atoms with van der Waals surface area (Å²) in [5, 5.41) is 3.58. The maximum Gasteiger partial charge on any atom is 0.350 e. The number of rotatable bonds is 5. The highest BCUT2D eigenvalue weighted by Gasteiger charge is 2.54. The number of hydrogen-bond acceptors (Lipinski definition) is 5. The molecule has 1 aromatic carbocycles. The molecule has 6 rings (SSSR count). The second kappa shape index (κ2) is 7.24. The monoisotopic (exact) mass is 410 g/mol. The molecule has 0 unspecified atom stereocenters. The molecule has 0 aliphatic heterocycles. The van der Waals surface area contributed by atoms with Crippen LogP contribution in [0.15, 0.2) is 30.3 Å². The first-order chi connectivity index (χ1) is 14.1. The Hall–Kier alpha value is -2.21. The number of amides is 1. The second-order valence-corrected chi connectivity index (χ2v) is 9.93. The Bertz CT molecular complexity index is 902. The van der Waals surface area contributed by atoms with Gasteiger partial charge in [0.15, 0.2) is 5.13 Å². The fourth-order valence-electron chi connectivity index (χ4n) is 6.12. The minimum Gasteiger partial charge on any atom is -0.462 e. The zero-order chi connectivity index (χ0) is 20.0. The van der Waals surface area contributed by atoms with Crippen molar-refractivity contribution in [1.82, 2.24) is 4.98 Å². The summed E-state index contributed by atoms with van der Waals surface area (Å²) < 4.78 is 5.23. The van der Waals surface area contributed by atoms with Crippen molar-refractivity contribution in [2.24, 2.45) is 23.2 Å². The quantitative estimate of drug-likeness (QED) is 0.693. The number of carbonyl (C=O) groups excluding carboxylic acids is 2. The van der Waals surface area contributed by atoms with Crippen LogP contribution in [0.5, 0.6) is 0 Å². The van der Waals surface area contributed by atoms with Crippen molar-refractivity contribution in [3.63, 3.8) is 0 Å². The number of carbonyl (C=O) groups is 2. The van der Waals surface area contributed by atoms with Crippen LogP contribution in [0.2, 0.25) is 0 Å². The molecule has 1 amide bonds. The zero-order valence-corrected chi connectivity index (χ0v) is 17.5. The van der Waals surface area contributed by atoms with Crippen LogP contribution < -0.4 is 5.32 Å². The first-order valence-corrected chi connectivity index (χ1v) is 11.4. The fraction of sp³-hybridized carbons (Fsp3) is 0.522. The molecular formula is C23H26N2O3S. The van der Waals surface area contributed by atoms with E-state index in [9.17, 15) is 9.59 Å². The minimum atomic E-state index is -0.390. The molecule has 29 heavy (non-hydrogen) atoms. The number of esters is 1. The van der Waals surface area contributed by atoms with E-state index in [4.69, 9.17) is 4.74 Å². The molecule has 1 heterocycles. The van der Waals surface area contributed by atoms with Crippen LogP contribution in [0.1, 0.15) is 55.1 Å². The summed E-state index contributed by atoms with van der Waals surface area (Å²) in [6.45, 7) is 2.09. The molecule has 1 aromatic heterocycles. The number of hydrogen-bond donors (Lipinski definition) is 1. The van der Waals surface area contributed by atoms with Gasteiger partial charge in [-0.25, -0.2) is 9.78 Å². The van der Waals surface area contributed by atoms with Gasteiger partial charge >= 0.3 is 5.97 Å². The van der Waals surface area contributed by atoms with Crippen molar-refractivity contribution in [3.05, 3.63) is 35.2 Å². The zero-order valence-electron chi connectivity index (χ0n) is 16.6. The summed E-state index contributed by atoms with van der Waals surface area (Å²) >= 11 is 1.22. The molecule has 152 valence electrons. The third kappa shape index (κ3) is 3.37.